The third kappa shape index (κ3) is 8.47. The molecule has 0 fully saturated rings. The second-order valence-corrected chi connectivity index (χ2v) is 3.43. The lowest BCUT2D eigenvalue weighted by atomic mass is 10.1. The molecule has 1 aromatic heterocycles. The van der Waals surface area contributed by atoms with Gasteiger partial charge in [-0.15, -0.1) is 0 Å². The van der Waals surface area contributed by atoms with Crippen LogP contribution in [-0.4, -0.2) is 4.98 Å². The van der Waals surface area contributed by atoms with E-state index in [2.05, 4.69) is 42.2 Å². The Kier molecular flexibility index (Phi) is 16.0. The molecule has 0 saturated carbocycles. The van der Waals surface area contributed by atoms with Gasteiger partial charge in [0.1, 0.15) is 0 Å². The van der Waals surface area contributed by atoms with Gasteiger partial charge in [0.25, 0.3) is 0 Å². The summed E-state index contributed by atoms with van der Waals surface area (Å²) in [6.45, 7) is 14.1. The highest BCUT2D eigenvalue weighted by Gasteiger charge is 1.99. The standard InChI is InChI=1S/C13H13N.3C2H6/c1-11-6-5-9-14-13(11)10-12-7-3-2-4-8-12;3*1-2/h2-9H,10H2,1H3;3*1-2H3. The first-order chi connectivity index (χ1) is 9.86. The molecule has 1 heteroatoms. The minimum atomic E-state index is 0.924. The minimum Gasteiger partial charge on any atom is -0.261 e. The second kappa shape index (κ2) is 15.4. The van der Waals surface area contributed by atoms with Crippen LogP contribution in [0, 0.1) is 6.92 Å². The number of rotatable bonds is 2. The number of aromatic nitrogens is 1. The molecule has 0 atom stereocenters. The van der Waals surface area contributed by atoms with Gasteiger partial charge in [-0.05, 0) is 24.1 Å². The molecule has 112 valence electrons. The van der Waals surface area contributed by atoms with Crippen LogP contribution in [0.15, 0.2) is 48.7 Å². The van der Waals surface area contributed by atoms with Crippen molar-refractivity contribution in [1.82, 2.24) is 4.98 Å². The monoisotopic (exact) mass is 273 g/mol. The molecule has 1 aromatic carbocycles. The van der Waals surface area contributed by atoms with Gasteiger partial charge in [-0.1, -0.05) is 77.9 Å². The number of pyridine rings is 1. The average molecular weight is 273 g/mol. The van der Waals surface area contributed by atoms with Crippen LogP contribution in [0.5, 0.6) is 0 Å². The van der Waals surface area contributed by atoms with E-state index in [0.29, 0.717) is 0 Å². The fourth-order valence-electron chi connectivity index (χ4n) is 1.49. The van der Waals surface area contributed by atoms with Crippen LogP contribution in [0.2, 0.25) is 0 Å². The maximum atomic E-state index is 4.37. The number of hydrogen-bond acceptors (Lipinski definition) is 1. The highest BCUT2D eigenvalue weighted by molar-refractivity contribution is 5.26. The average Bonchev–Trinajstić information content (AvgIpc) is 2.56. The fraction of sp³-hybridized carbons (Fsp3) is 0.421. The summed E-state index contributed by atoms with van der Waals surface area (Å²) in [5.74, 6) is 0. The summed E-state index contributed by atoms with van der Waals surface area (Å²) in [7, 11) is 0. The van der Waals surface area contributed by atoms with E-state index in [1.165, 1.54) is 16.8 Å². The van der Waals surface area contributed by atoms with Crippen LogP contribution in [0.25, 0.3) is 0 Å². The molecule has 0 N–H and O–H groups in total. The van der Waals surface area contributed by atoms with Gasteiger partial charge in [0, 0.05) is 18.3 Å². The number of aryl methyl sites for hydroxylation is 1. The first kappa shape index (κ1) is 20.7. The fourth-order valence-corrected chi connectivity index (χ4v) is 1.49. The SMILES string of the molecule is CC.CC.CC.Cc1cccnc1Cc1ccccc1. The van der Waals surface area contributed by atoms with E-state index in [1.54, 1.807) is 0 Å². The molecule has 0 aliphatic rings. The zero-order chi connectivity index (χ0) is 15.8. The molecular weight excluding hydrogens is 242 g/mol. The summed E-state index contributed by atoms with van der Waals surface area (Å²) in [5.41, 5.74) is 3.74. The van der Waals surface area contributed by atoms with Gasteiger partial charge >= 0.3 is 0 Å². The molecule has 2 aromatic rings. The van der Waals surface area contributed by atoms with Crippen molar-refractivity contribution in [3.05, 3.63) is 65.5 Å². The summed E-state index contributed by atoms with van der Waals surface area (Å²) in [6.07, 6.45) is 2.78. The smallest absolute Gasteiger partial charge is 0.0476 e. The molecule has 0 saturated heterocycles. The molecule has 0 spiro atoms. The van der Waals surface area contributed by atoms with Gasteiger partial charge in [0.05, 0.1) is 0 Å². The van der Waals surface area contributed by atoms with E-state index in [-0.39, 0.29) is 0 Å². The molecule has 0 radical (unpaired) electrons. The van der Waals surface area contributed by atoms with Crippen molar-refractivity contribution in [2.75, 3.05) is 0 Å². The molecule has 0 aliphatic heterocycles. The lowest BCUT2D eigenvalue weighted by molar-refractivity contribution is 1.04. The molecule has 0 unspecified atom stereocenters. The quantitative estimate of drug-likeness (QED) is 0.648. The van der Waals surface area contributed by atoms with Crippen molar-refractivity contribution in [2.45, 2.75) is 54.9 Å². The first-order valence-corrected chi connectivity index (χ1v) is 7.80. The summed E-state index contributed by atoms with van der Waals surface area (Å²) in [6, 6.07) is 14.5. The van der Waals surface area contributed by atoms with Gasteiger partial charge in [-0.3, -0.25) is 4.98 Å². The summed E-state index contributed by atoms with van der Waals surface area (Å²) >= 11 is 0. The Hall–Kier alpha value is -1.63. The van der Waals surface area contributed by atoms with Crippen LogP contribution in [0.3, 0.4) is 0 Å². The first-order valence-electron chi connectivity index (χ1n) is 7.80. The van der Waals surface area contributed by atoms with Crippen molar-refractivity contribution in [1.29, 1.82) is 0 Å². The normalized spacial score (nSPS) is 7.95. The van der Waals surface area contributed by atoms with Gasteiger partial charge in [0.2, 0.25) is 0 Å². The van der Waals surface area contributed by atoms with E-state index in [4.69, 9.17) is 0 Å². The van der Waals surface area contributed by atoms with Crippen LogP contribution in [-0.2, 0) is 6.42 Å². The largest absolute Gasteiger partial charge is 0.261 e. The Balaban J connectivity index is 0. The van der Waals surface area contributed by atoms with E-state index in [0.717, 1.165) is 6.42 Å². The van der Waals surface area contributed by atoms with Crippen molar-refractivity contribution >= 4 is 0 Å². The van der Waals surface area contributed by atoms with Crippen molar-refractivity contribution < 1.29 is 0 Å². The third-order valence-corrected chi connectivity index (χ3v) is 2.33. The molecular formula is C19H31N. The molecule has 2 rings (SSSR count). The van der Waals surface area contributed by atoms with E-state index in [1.807, 2.05) is 59.9 Å². The lowest BCUT2D eigenvalue weighted by Gasteiger charge is -2.03. The molecule has 1 nitrogen and oxygen atoms in total. The highest BCUT2D eigenvalue weighted by atomic mass is 14.7. The Morgan fingerprint density at radius 1 is 0.750 bits per heavy atom. The molecule has 20 heavy (non-hydrogen) atoms. The lowest BCUT2D eigenvalue weighted by Crippen LogP contribution is -1.94. The number of benzene rings is 1. The number of hydrogen-bond donors (Lipinski definition) is 0. The van der Waals surface area contributed by atoms with Gasteiger partial charge in [0.15, 0.2) is 0 Å². The molecule has 0 amide bonds. The number of nitrogens with zero attached hydrogens (tertiary/aromatic N) is 1. The Bertz CT molecular complexity index is 407. The summed E-state index contributed by atoms with van der Waals surface area (Å²) in [4.78, 5) is 4.37. The maximum absolute atomic E-state index is 4.37. The summed E-state index contributed by atoms with van der Waals surface area (Å²) in [5, 5.41) is 0. The van der Waals surface area contributed by atoms with Crippen LogP contribution >= 0.6 is 0 Å². The zero-order valence-corrected chi connectivity index (χ0v) is 14.3. The van der Waals surface area contributed by atoms with Gasteiger partial charge < -0.3 is 0 Å². The van der Waals surface area contributed by atoms with Crippen LogP contribution < -0.4 is 0 Å². The molecule has 1 heterocycles. The Morgan fingerprint density at radius 3 is 1.80 bits per heavy atom. The van der Waals surface area contributed by atoms with E-state index < -0.39 is 0 Å². The van der Waals surface area contributed by atoms with Crippen molar-refractivity contribution in [3.8, 4) is 0 Å². The zero-order valence-electron chi connectivity index (χ0n) is 14.3. The predicted molar refractivity (Wildman–Crippen MR) is 92.3 cm³/mol. The van der Waals surface area contributed by atoms with Crippen LogP contribution in [0.4, 0.5) is 0 Å². The minimum absolute atomic E-state index is 0.924. The predicted octanol–water partition coefficient (Wildman–Crippen LogP) is 6.06. The topological polar surface area (TPSA) is 12.9 Å². The Morgan fingerprint density at radius 2 is 1.30 bits per heavy atom. The second-order valence-electron chi connectivity index (χ2n) is 3.43. The van der Waals surface area contributed by atoms with Crippen LogP contribution in [0.1, 0.15) is 58.4 Å². The highest BCUT2D eigenvalue weighted by Crippen LogP contribution is 2.10. The van der Waals surface area contributed by atoms with E-state index >= 15 is 0 Å². The molecule has 0 bridgehead atoms. The van der Waals surface area contributed by atoms with E-state index in [9.17, 15) is 0 Å². The summed E-state index contributed by atoms with van der Waals surface area (Å²) < 4.78 is 0. The van der Waals surface area contributed by atoms with Crippen molar-refractivity contribution in [2.24, 2.45) is 0 Å². The maximum Gasteiger partial charge on any atom is 0.0476 e. The van der Waals surface area contributed by atoms with Gasteiger partial charge in [-0.25, -0.2) is 0 Å². The third-order valence-electron chi connectivity index (χ3n) is 2.33. The van der Waals surface area contributed by atoms with Crippen molar-refractivity contribution in [3.63, 3.8) is 0 Å². The Labute approximate surface area is 126 Å². The van der Waals surface area contributed by atoms with Gasteiger partial charge in [-0.2, -0.15) is 0 Å². The molecule has 0 aliphatic carbocycles.